The Balaban J connectivity index is 1.69. The molecule has 0 radical (unpaired) electrons. The summed E-state index contributed by atoms with van der Waals surface area (Å²) >= 11 is 5.94. The van der Waals surface area contributed by atoms with Gasteiger partial charge in [-0.3, -0.25) is 9.78 Å². The second kappa shape index (κ2) is 6.41. The molecule has 1 N–H and O–H groups in total. The molecule has 0 saturated carbocycles. The van der Waals surface area contributed by atoms with E-state index in [1.54, 1.807) is 24.4 Å². The van der Waals surface area contributed by atoms with E-state index in [1.807, 2.05) is 30.3 Å². The summed E-state index contributed by atoms with van der Waals surface area (Å²) in [5.74, 6) is -0.197. The van der Waals surface area contributed by atoms with Crippen LogP contribution in [-0.2, 0) is 6.54 Å². The molecule has 3 aromatic rings. The Bertz CT molecular complexity index is 787. The number of halogens is 1. The third kappa shape index (κ3) is 3.32. The van der Waals surface area contributed by atoms with E-state index in [9.17, 15) is 4.79 Å². The van der Waals surface area contributed by atoms with E-state index in [1.165, 1.54) is 0 Å². The predicted molar refractivity (Wildman–Crippen MR) is 82.4 cm³/mol. The first kappa shape index (κ1) is 14.3. The quantitative estimate of drug-likeness (QED) is 0.802. The number of benzene rings is 1. The SMILES string of the molecule is O=C(NCc1ccccn1)c1cc(-c2cccc(Cl)c2)no1. The highest BCUT2D eigenvalue weighted by atomic mass is 35.5. The van der Waals surface area contributed by atoms with Crippen LogP contribution in [0.4, 0.5) is 0 Å². The van der Waals surface area contributed by atoms with Crippen LogP contribution in [0.15, 0.2) is 59.3 Å². The van der Waals surface area contributed by atoms with Gasteiger partial charge in [0.1, 0.15) is 5.69 Å². The number of amides is 1. The van der Waals surface area contributed by atoms with E-state index >= 15 is 0 Å². The molecule has 0 saturated heterocycles. The zero-order chi connectivity index (χ0) is 15.4. The van der Waals surface area contributed by atoms with Gasteiger partial charge in [0, 0.05) is 22.8 Å². The molecule has 2 heterocycles. The van der Waals surface area contributed by atoms with Gasteiger partial charge in [-0.15, -0.1) is 0 Å². The van der Waals surface area contributed by atoms with Crippen LogP contribution < -0.4 is 5.32 Å². The standard InChI is InChI=1S/C16H12ClN3O2/c17-12-5-3-4-11(8-12)14-9-15(22-20-14)16(21)19-10-13-6-1-2-7-18-13/h1-9H,10H2,(H,19,21). The number of rotatable bonds is 4. The fourth-order valence-electron chi connectivity index (χ4n) is 1.93. The number of aromatic nitrogens is 2. The van der Waals surface area contributed by atoms with Gasteiger partial charge in [0.15, 0.2) is 0 Å². The maximum absolute atomic E-state index is 12.0. The first-order chi connectivity index (χ1) is 10.7. The molecule has 0 aliphatic rings. The number of hydrogen-bond donors (Lipinski definition) is 1. The summed E-state index contributed by atoms with van der Waals surface area (Å²) in [6.45, 7) is 0.326. The molecule has 0 fully saturated rings. The summed E-state index contributed by atoms with van der Waals surface area (Å²) in [6.07, 6.45) is 1.67. The summed E-state index contributed by atoms with van der Waals surface area (Å²) in [5.41, 5.74) is 2.12. The van der Waals surface area contributed by atoms with Crippen molar-refractivity contribution in [2.75, 3.05) is 0 Å². The molecule has 0 aliphatic heterocycles. The van der Waals surface area contributed by atoms with Crippen LogP contribution in [-0.4, -0.2) is 16.0 Å². The predicted octanol–water partition coefficient (Wildman–Crippen LogP) is 3.32. The van der Waals surface area contributed by atoms with Crippen LogP contribution in [0.2, 0.25) is 5.02 Å². The van der Waals surface area contributed by atoms with Gasteiger partial charge in [-0.05, 0) is 24.3 Å². The van der Waals surface area contributed by atoms with E-state index in [0.29, 0.717) is 17.3 Å². The third-order valence-corrected chi connectivity index (χ3v) is 3.25. The summed E-state index contributed by atoms with van der Waals surface area (Å²) < 4.78 is 5.08. The minimum Gasteiger partial charge on any atom is -0.350 e. The van der Waals surface area contributed by atoms with Crippen LogP contribution in [0.3, 0.4) is 0 Å². The van der Waals surface area contributed by atoms with Gasteiger partial charge in [0.25, 0.3) is 5.91 Å². The van der Waals surface area contributed by atoms with Crippen molar-refractivity contribution >= 4 is 17.5 Å². The smallest absolute Gasteiger partial charge is 0.290 e. The van der Waals surface area contributed by atoms with Crippen LogP contribution in [0.1, 0.15) is 16.2 Å². The lowest BCUT2D eigenvalue weighted by Crippen LogP contribution is -2.22. The number of nitrogens with zero attached hydrogens (tertiary/aromatic N) is 2. The number of hydrogen-bond acceptors (Lipinski definition) is 4. The number of carbonyl (C=O) groups is 1. The van der Waals surface area contributed by atoms with E-state index < -0.39 is 0 Å². The van der Waals surface area contributed by atoms with Crippen molar-refractivity contribution in [3.05, 3.63) is 71.2 Å². The van der Waals surface area contributed by atoms with Crippen molar-refractivity contribution in [3.63, 3.8) is 0 Å². The average Bonchev–Trinajstić information content (AvgIpc) is 3.04. The van der Waals surface area contributed by atoms with Crippen LogP contribution in [0.5, 0.6) is 0 Å². The summed E-state index contributed by atoms with van der Waals surface area (Å²) in [4.78, 5) is 16.2. The Hall–Kier alpha value is -2.66. The molecule has 0 bridgehead atoms. The molecule has 110 valence electrons. The first-order valence-electron chi connectivity index (χ1n) is 6.63. The maximum atomic E-state index is 12.0. The Morgan fingerprint density at radius 2 is 2.09 bits per heavy atom. The van der Waals surface area contributed by atoms with Crippen molar-refractivity contribution in [1.82, 2.24) is 15.5 Å². The maximum Gasteiger partial charge on any atom is 0.290 e. The molecule has 1 amide bonds. The second-order valence-electron chi connectivity index (χ2n) is 4.59. The normalized spacial score (nSPS) is 10.4. The average molecular weight is 314 g/mol. The molecular formula is C16H12ClN3O2. The number of pyridine rings is 1. The summed E-state index contributed by atoms with van der Waals surface area (Å²) in [7, 11) is 0. The van der Waals surface area contributed by atoms with Gasteiger partial charge >= 0.3 is 0 Å². The molecule has 0 spiro atoms. The van der Waals surface area contributed by atoms with Gasteiger partial charge in [-0.25, -0.2) is 0 Å². The largest absolute Gasteiger partial charge is 0.350 e. The molecule has 6 heteroatoms. The van der Waals surface area contributed by atoms with Gasteiger partial charge in [-0.1, -0.05) is 35.0 Å². The fraction of sp³-hybridized carbons (Fsp3) is 0.0625. The van der Waals surface area contributed by atoms with Crippen LogP contribution >= 0.6 is 11.6 Å². The summed E-state index contributed by atoms with van der Waals surface area (Å²) in [6, 6.07) is 14.3. The zero-order valence-electron chi connectivity index (χ0n) is 11.5. The highest BCUT2D eigenvalue weighted by Gasteiger charge is 2.14. The minimum atomic E-state index is -0.341. The van der Waals surface area contributed by atoms with Gasteiger partial charge < -0.3 is 9.84 Å². The van der Waals surface area contributed by atoms with Gasteiger partial charge in [0.2, 0.25) is 5.76 Å². The van der Waals surface area contributed by atoms with E-state index in [-0.39, 0.29) is 11.7 Å². The van der Waals surface area contributed by atoms with E-state index in [2.05, 4.69) is 15.5 Å². The molecule has 1 aromatic carbocycles. The lowest BCUT2D eigenvalue weighted by atomic mass is 10.1. The first-order valence-corrected chi connectivity index (χ1v) is 7.01. The Kier molecular flexibility index (Phi) is 4.16. The Morgan fingerprint density at radius 3 is 2.86 bits per heavy atom. The van der Waals surface area contributed by atoms with E-state index in [4.69, 9.17) is 16.1 Å². The third-order valence-electron chi connectivity index (χ3n) is 3.01. The summed E-state index contributed by atoms with van der Waals surface area (Å²) in [5, 5.41) is 7.22. The highest BCUT2D eigenvalue weighted by Crippen LogP contribution is 2.22. The van der Waals surface area contributed by atoms with Gasteiger partial charge in [0.05, 0.1) is 12.2 Å². The molecule has 5 nitrogen and oxygen atoms in total. The van der Waals surface area contributed by atoms with E-state index in [0.717, 1.165) is 11.3 Å². The van der Waals surface area contributed by atoms with Crippen LogP contribution in [0, 0.1) is 0 Å². The number of nitrogens with one attached hydrogen (secondary N) is 1. The molecular weight excluding hydrogens is 302 g/mol. The second-order valence-corrected chi connectivity index (χ2v) is 5.03. The van der Waals surface area contributed by atoms with Crippen molar-refractivity contribution in [3.8, 4) is 11.3 Å². The van der Waals surface area contributed by atoms with Crippen molar-refractivity contribution in [2.24, 2.45) is 0 Å². The Labute approximate surface area is 131 Å². The molecule has 22 heavy (non-hydrogen) atoms. The Morgan fingerprint density at radius 1 is 1.18 bits per heavy atom. The van der Waals surface area contributed by atoms with Crippen molar-refractivity contribution in [1.29, 1.82) is 0 Å². The molecule has 0 aliphatic carbocycles. The molecule has 0 atom stereocenters. The molecule has 2 aromatic heterocycles. The molecule has 0 unspecified atom stereocenters. The number of carbonyl (C=O) groups excluding carboxylic acids is 1. The van der Waals surface area contributed by atoms with Crippen molar-refractivity contribution < 1.29 is 9.32 Å². The topological polar surface area (TPSA) is 68.0 Å². The monoisotopic (exact) mass is 313 g/mol. The molecule has 3 rings (SSSR count). The fourth-order valence-corrected chi connectivity index (χ4v) is 2.12. The highest BCUT2D eigenvalue weighted by molar-refractivity contribution is 6.30. The zero-order valence-corrected chi connectivity index (χ0v) is 12.2. The minimum absolute atomic E-state index is 0.144. The van der Waals surface area contributed by atoms with Crippen molar-refractivity contribution in [2.45, 2.75) is 6.54 Å². The lowest BCUT2D eigenvalue weighted by molar-refractivity contribution is 0.0913. The van der Waals surface area contributed by atoms with Gasteiger partial charge in [-0.2, -0.15) is 0 Å². The van der Waals surface area contributed by atoms with Crippen LogP contribution in [0.25, 0.3) is 11.3 Å². The lowest BCUT2D eigenvalue weighted by Gasteiger charge is -2.01.